The molecule has 2 N–H and O–H groups in total. The first-order valence-corrected chi connectivity index (χ1v) is 15.6. The van der Waals surface area contributed by atoms with E-state index in [2.05, 4.69) is 47.6 Å². The van der Waals surface area contributed by atoms with Crippen LogP contribution in [-0.4, -0.2) is 35.8 Å². The predicted molar refractivity (Wildman–Crippen MR) is 72.4 cm³/mol. The van der Waals surface area contributed by atoms with E-state index in [1.54, 1.807) is 13.8 Å². The Hall–Kier alpha value is 1.75. The van der Waals surface area contributed by atoms with E-state index >= 15 is 0 Å². The molecule has 0 aromatic carbocycles. The zero-order chi connectivity index (χ0) is 11.2. The molecule has 0 heterocycles. The van der Waals surface area contributed by atoms with Gasteiger partial charge in [-0.25, -0.2) is 0 Å². The molecule has 0 bridgehead atoms. The van der Waals surface area contributed by atoms with Crippen molar-refractivity contribution in [3.05, 3.63) is 13.8 Å². The Morgan fingerprint density at radius 1 is 0.786 bits per heavy atom. The Labute approximate surface area is 116 Å². The normalized spacial score (nSPS) is 4.71. The second kappa shape index (κ2) is 46.4. The summed E-state index contributed by atoms with van der Waals surface area (Å²) in [4.78, 5) is 0. The van der Waals surface area contributed by atoms with Gasteiger partial charge < -0.3 is 19.3 Å². The third-order valence-electron chi connectivity index (χ3n) is 0. The number of rotatable bonds is 0. The monoisotopic (exact) mass is 326 g/mol. The van der Waals surface area contributed by atoms with Crippen molar-refractivity contribution in [2.24, 2.45) is 0 Å². The standard InChI is InChI=1S/2C2H5.6CH3.Al.Ga.H2O.Zn/c2*1-2;;;;;;;;;;/h2*1H2,2H3;6*1H3;;;1H2;/q2*-1;;;;;;;;;;+2. The summed E-state index contributed by atoms with van der Waals surface area (Å²) >= 11 is -0.618. The van der Waals surface area contributed by atoms with Crippen molar-refractivity contribution in [3.63, 3.8) is 0 Å². The van der Waals surface area contributed by atoms with Crippen LogP contribution < -0.4 is 0 Å². The van der Waals surface area contributed by atoms with Crippen molar-refractivity contribution >= 4 is 30.4 Å². The minimum atomic E-state index is -0.479. The van der Waals surface area contributed by atoms with E-state index in [1.165, 1.54) is 0 Å². The van der Waals surface area contributed by atoms with Crippen LogP contribution in [0.3, 0.4) is 0 Å². The topological polar surface area (TPSA) is 31.5 Å². The van der Waals surface area contributed by atoms with Crippen LogP contribution in [0.1, 0.15) is 13.8 Å². The van der Waals surface area contributed by atoms with E-state index in [1.807, 2.05) is 0 Å². The van der Waals surface area contributed by atoms with Gasteiger partial charge in [0, 0.05) is 0 Å². The number of hydrogen-bond acceptors (Lipinski definition) is 0. The smallest absolute Gasteiger partial charge is 2.00 e. The maximum absolute atomic E-state index is 3.25. The van der Waals surface area contributed by atoms with E-state index < -0.39 is 16.2 Å². The first-order valence-electron chi connectivity index (χ1n) is 4.88. The quantitative estimate of drug-likeness (QED) is 0.481. The summed E-state index contributed by atoms with van der Waals surface area (Å²) in [5.74, 6) is 6.92. The van der Waals surface area contributed by atoms with Crippen LogP contribution in [0.25, 0.3) is 0 Å². The average Bonchev–Trinajstić information content (AvgIpc) is 1.93. The maximum Gasteiger partial charge on any atom is 2.00 e. The van der Waals surface area contributed by atoms with Gasteiger partial charge in [-0.1, -0.05) is 0 Å². The van der Waals surface area contributed by atoms with Crippen molar-refractivity contribution in [2.45, 2.75) is 47.6 Å². The maximum atomic E-state index is 3.25. The van der Waals surface area contributed by atoms with Gasteiger partial charge >= 0.3 is 52.1 Å². The fourth-order valence-electron chi connectivity index (χ4n) is 0. The van der Waals surface area contributed by atoms with E-state index in [4.69, 9.17) is 0 Å². The van der Waals surface area contributed by atoms with Gasteiger partial charge in [0.2, 0.25) is 0 Å². The molecular formula is C10H30AlGaOZn. The molecule has 0 saturated heterocycles. The molecule has 0 aliphatic carbocycles. The summed E-state index contributed by atoms with van der Waals surface area (Å²) in [5, 5.41) is 0. The van der Waals surface area contributed by atoms with Crippen molar-refractivity contribution in [1.82, 2.24) is 0 Å². The van der Waals surface area contributed by atoms with Gasteiger partial charge in [-0.15, -0.1) is 17.4 Å². The van der Waals surface area contributed by atoms with Gasteiger partial charge in [0.25, 0.3) is 14.1 Å². The second-order valence-corrected chi connectivity index (χ2v) is 14.2. The minimum Gasteiger partial charge on any atom is 2.00 e. The van der Waals surface area contributed by atoms with Gasteiger partial charge in [0.1, 0.15) is 0 Å². The molecule has 0 aliphatic rings. The van der Waals surface area contributed by atoms with Gasteiger partial charge in [-0.05, 0) is 0 Å². The van der Waals surface area contributed by atoms with E-state index in [0.29, 0.717) is 0 Å². The van der Waals surface area contributed by atoms with Crippen LogP contribution in [0.15, 0.2) is 0 Å². The minimum absolute atomic E-state index is 0. The third kappa shape index (κ3) is 728. The van der Waals surface area contributed by atoms with Crippen LogP contribution in [0.5, 0.6) is 0 Å². The zero-order valence-electron chi connectivity index (χ0n) is 11.8. The van der Waals surface area contributed by atoms with Crippen molar-refractivity contribution in [2.75, 3.05) is 0 Å². The molecule has 0 rings (SSSR count). The summed E-state index contributed by atoms with van der Waals surface area (Å²) in [5.41, 5.74) is 7.06. The summed E-state index contributed by atoms with van der Waals surface area (Å²) in [6, 6.07) is 0. The molecule has 0 fully saturated rings. The Morgan fingerprint density at radius 2 is 0.786 bits per heavy atom. The summed E-state index contributed by atoms with van der Waals surface area (Å²) in [6.07, 6.45) is 0. The third-order valence-corrected chi connectivity index (χ3v) is 0. The first kappa shape index (κ1) is 36.0. The molecule has 1 nitrogen and oxygen atoms in total. The molecule has 0 aliphatic heterocycles. The Bertz CT molecular complexity index is 35.6. The summed E-state index contributed by atoms with van der Waals surface area (Å²) < 4.78 is 0. The van der Waals surface area contributed by atoms with E-state index in [0.717, 1.165) is 0 Å². The van der Waals surface area contributed by atoms with Crippen LogP contribution in [-0.2, 0) is 19.5 Å². The largest absolute Gasteiger partial charge is 2.00 e. The molecule has 0 amide bonds. The van der Waals surface area contributed by atoms with Crippen LogP contribution in [0, 0.1) is 13.8 Å². The molecular weight excluding hydrogens is 298 g/mol. The van der Waals surface area contributed by atoms with Gasteiger partial charge in [0.15, 0.2) is 0 Å². The predicted octanol–water partition coefficient (Wildman–Crippen LogP) is 3.59. The molecule has 14 heavy (non-hydrogen) atoms. The summed E-state index contributed by atoms with van der Waals surface area (Å²) in [6.45, 7) is 10.0. The Balaban J connectivity index is -0.0000000153. The first-order chi connectivity index (χ1) is 5.46. The van der Waals surface area contributed by atoms with Crippen molar-refractivity contribution in [1.29, 1.82) is 0 Å². The fourth-order valence-corrected chi connectivity index (χ4v) is 0. The Morgan fingerprint density at radius 3 is 0.786 bits per heavy atom. The van der Waals surface area contributed by atoms with Crippen LogP contribution >= 0.6 is 0 Å². The molecule has 0 spiro atoms. The molecule has 0 saturated carbocycles. The van der Waals surface area contributed by atoms with Gasteiger partial charge in [-0.2, -0.15) is 13.8 Å². The second-order valence-electron chi connectivity index (χ2n) is 3.46. The van der Waals surface area contributed by atoms with Crippen LogP contribution in [0.4, 0.5) is 0 Å². The average molecular weight is 328 g/mol. The van der Waals surface area contributed by atoms with Crippen molar-refractivity contribution in [3.8, 4) is 0 Å². The molecule has 0 unspecified atom stereocenters. The molecule has 0 atom stereocenters. The van der Waals surface area contributed by atoms with Crippen LogP contribution in [0.2, 0.25) is 33.8 Å². The van der Waals surface area contributed by atoms with E-state index in [9.17, 15) is 0 Å². The number of hydrogen-bond donors (Lipinski definition) is 0. The van der Waals surface area contributed by atoms with E-state index in [-0.39, 0.29) is 39.1 Å². The molecule has 0 aromatic heterocycles. The summed E-state index contributed by atoms with van der Waals surface area (Å²) in [7, 11) is 0. The molecule has 84 valence electrons. The van der Waals surface area contributed by atoms with Gasteiger partial charge in [-0.3, -0.25) is 0 Å². The molecule has 4 heteroatoms. The molecule has 0 radical (unpaired) electrons. The molecule has 0 aromatic rings. The zero-order valence-corrected chi connectivity index (χ0v) is 18.3. The fraction of sp³-hybridized carbons (Fsp3) is 0.800. The SMILES string of the molecule is O.[CH2-]C.[CH2-]C.[CH3][Al]([CH3])[CH3].[CH3][Ga]([CH3])[CH3].[Zn+2]. The Kier molecular flexibility index (Phi) is 120. The van der Waals surface area contributed by atoms with Gasteiger partial charge in [0.05, 0.1) is 0 Å². The van der Waals surface area contributed by atoms with Crippen molar-refractivity contribution < 1.29 is 25.0 Å².